The van der Waals surface area contributed by atoms with Gasteiger partial charge in [0.25, 0.3) is 5.56 Å². The Morgan fingerprint density at radius 2 is 1.84 bits per heavy atom. The van der Waals surface area contributed by atoms with Crippen LogP contribution in [0.1, 0.15) is 36.9 Å². The van der Waals surface area contributed by atoms with Crippen LogP contribution in [0.15, 0.2) is 53.3 Å². The number of carbonyl (C=O) groups excluding carboxylic acids is 2. The summed E-state index contributed by atoms with van der Waals surface area (Å²) in [5.74, 6) is -0.137. The van der Waals surface area contributed by atoms with Gasteiger partial charge in [-0.1, -0.05) is 30.3 Å². The Labute approximate surface area is 181 Å². The van der Waals surface area contributed by atoms with E-state index in [9.17, 15) is 19.5 Å². The van der Waals surface area contributed by atoms with E-state index in [4.69, 9.17) is 4.98 Å². The van der Waals surface area contributed by atoms with Crippen LogP contribution in [-0.2, 0) is 15.2 Å². The third-order valence-electron chi connectivity index (χ3n) is 7.40. The summed E-state index contributed by atoms with van der Waals surface area (Å²) >= 11 is 0. The number of nitrogens with zero attached hydrogens (tertiary/aromatic N) is 4. The van der Waals surface area contributed by atoms with Gasteiger partial charge in [-0.2, -0.15) is 0 Å². The van der Waals surface area contributed by atoms with Crippen LogP contribution in [0, 0.1) is 0 Å². The van der Waals surface area contributed by atoms with Gasteiger partial charge in [-0.3, -0.25) is 23.9 Å². The van der Waals surface area contributed by atoms with Crippen LogP contribution in [0.5, 0.6) is 0 Å². The second-order valence-electron chi connectivity index (χ2n) is 8.94. The summed E-state index contributed by atoms with van der Waals surface area (Å²) in [4.78, 5) is 48.3. The second-order valence-corrected chi connectivity index (χ2v) is 8.94. The molecule has 2 saturated heterocycles. The molecular weight excluding hydrogens is 410 g/mol. The quantitative estimate of drug-likeness (QED) is 0.546. The predicted octanol–water partition coefficient (Wildman–Crippen LogP) is 0.734. The van der Waals surface area contributed by atoms with Gasteiger partial charge < -0.3 is 10.4 Å². The summed E-state index contributed by atoms with van der Waals surface area (Å²) in [5, 5.41) is 15.5. The summed E-state index contributed by atoms with van der Waals surface area (Å²) < 4.78 is 1.42. The van der Waals surface area contributed by atoms with E-state index < -0.39 is 30.0 Å². The number of benzene rings is 2. The molecule has 3 aromatic rings. The summed E-state index contributed by atoms with van der Waals surface area (Å²) in [7, 11) is 0. The molecule has 2 amide bonds. The lowest BCUT2D eigenvalue weighted by molar-refractivity contribution is -0.144. The summed E-state index contributed by atoms with van der Waals surface area (Å²) in [5.41, 5.74) is -0.0647. The number of hydrogen-bond acceptors (Lipinski definition) is 6. The van der Waals surface area contributed by atoms with Crippen LogP contribution in [0.2, 0.25) is 0 Å². The Morgan fingerprint density at radius 1 is 1.09 bits per heavy atom. The number of amides is 2. The van der Waals surface area contributed by atoms with Gasteiger partial charge in [0, 0.05) is 12.0 Å². The zero-order valence-corrected chi connectivity index (χ0v) is 17.1. The molecule has 0 saturated carbocycles. The first-order valence-corrected chi connectivity index (χ1v) is 10.7. The number of aliphatic hydroxyl groups is 1. The van der Waals surface area contributed by atoms with Crippen molar-refractivity contribution >= 4 is 28.4 Å². The topological polar surface area (TPSA) is 108 Å². The molecule has 160 valence electrons. The Hall–Kier alpha value is -3.56. The van der Waals surface area contributed by atoms with Gasteiger partial charge >= 0.3 is 0 Å². The molecule has 0 radical (unpaired) electrons. The number of para-hydroxylation sites is 2. The summed E-state index contributed by atoms with van der Waals surface area (Å²) in [6.45, 7) is 1.76. The van der Waals surface area contributed by atoms with E-state index in [2.05, 4.69) is 5.32 Å². The van der Waals surface area contributed by atoms with Crippen LogP contribution in [0.25, 0.3) is 10.9 Å². The van der Waals surface area contributed by atoms with Crippen molar-refractivity contribution in [1.29, 1.82) is 0 Å². The maximum absolute atomic E-state index is 13.5. The van der Waals surface area contributed by atoms with Gasteiger partial charge in [-0.15, -0.1) is 0 Å². The third-order valence-corrected chi connectivity index (χ3v) is 7.40. The molecular formula is C23H19N5O4. The van der Waals surface area contributed by atoms with Crippen molar-refractivity contribution in [3.63, 3.8) is 0 Å². The molecule has 9 nitrogen and oxygen atoms in total. The lowest BCUT2D eigenvalue weighted by Crippen LogP contribution is -2.63. The molecule has 2 bridgehead atoms. The van der Waals surface area contributed by atoms with Crippen molar-refractivity contribution in [1.82, 2.24) is 19.8 Å². The number of fused-ring (bicyclic) bond motifs is 4. The largest absolute Gasteiger partial charge is 0.381 e. The van der Waals surface area contributed by atoms with Crippen molar-refractivity contribution in [3.8, 4) is 0 Å². The Morgan fingerprint density at radius 3 is 2.69 bits per heavy atom. The van der Waals surface area contributed by atoms with E-state index in [-0.39, 0.29) is 23.8 Å². The highest BCUT2D eigenvalue weighted by atomic mass is 16.3. The third kappa shape index (κ3) is 1.88. The van der Waals surface area contributed by atoms with E-state index in [1.54, 1.807) is 41.0 Å². The maximum Gasteiger partial charge on any atom is 0.262 e. The minimum absolute atomic E-state index is 0.0485. The lowest BCUT2D eigenvalue weighted by atomic mass is 9.83. The fourth-order valence-electron chi connectivity index (χ4n) is 6.03. The molecule has 5 atom stereocenters. The van der Waals surface area contributed by atoms with Gasteiger partial charge in [0.2, 0.25) is 11.8 Å². The highest BCUT2D eigenvalue weighted by Crippen LogP contribution is 2.55. The number of nitrogens with one attached hydrogen (secondary N) is 1. The Balaban J connectivity index is 1.58. The minimum atomic E-state index is -1.51. The van der Waals surface area contributed by atoms with E-state index in [1.807, 2.05) is 24.3 Å². The molecule has 0 aliphatic carbocycles. The average molecular weight is 429 g/mol. The van der Waals surface area contributed by atoms with Crippen molar-refractivity contribution in [2.45, 2.75) is 43.4 Å². The number of rotatable bonds is 0. The fraction of sp³-hybridized carbons (Fsp3) is 0.304. The second kappa shape index (κ2) is 5.62. The van der Waals surface area contributed by atoms with E-state index >= 15 is 0 Å². The minimum Gasteiger partial charge on any atom is -0.381 e. The highest BCUT2D eigenvalue weighted by Gasteiger charge is 2.66. The van der Waals surface area contributed by atoms with E-state index in [0.29, 0.717) is 28.0 Å². The highest BCUT2D eigenvalue weighted by molar-refractivity contribution is 6.03. The molecule has 5 aliphatic rings. The van der Waals surface area contributed by atoms with Gasteiger partial charge in [0.1, 0.15) is 24.0 Å². The number of hydrogen-bond donors (Lipinski definition) is 2. The number of carbonyl (C=O) groups is 2. The first kappa shape index (κ1) is 18.1. The molecule has 8 rings (SSSR count). The monoisotopic (exact) mass is 429 g/mol. The maximum atomic E-state index is 13.5. The normalized spacial score (nSPS) is 32.4. The fourth-order valence-corrected chi connectivity index (χ4v) is 6.03. The molecule has 2 aromatic carbocycles. The van der Waals surface area contributed by atoms with Crippen LogP contribution in [0.3, 0.4) is 0 Å². The van der Waals surface area contributed by atoms with Crippen molar-refractivity contribution in [2.75, 3.05) is 4.90 Å². The van der Waals surface area contributed by atoms with Crippen LogP contribution in [-0.4, -0.2) is 43.6 Å². The van der Waals surface area contributed by atoms with Crippen molar-refractivity contribution in [2.24, 2.45) is 0 Å². The van der Waals surface area contributed by atoms with Crippen LogP contribution >= 0.6 is 0 Å². The molecule has 9 heteroatoms. The first-order valence-electron chi connectivity index (χ1n) is 10.7. The SMILES string of the molecule is C[C@@H]1C(=O)N2c3ccccc3[C@]3(O)C[C@H]4C(=O)N[C@@H](c5nc6ccccc6c(=O)n54)N1[C@@H]23. The van der Waals surface area contributed by atoms with Gasteiger partial charge in [0.15, 0.2) is 5.82 Å². The molecule has 2 N–H and O–H groups in total. The molecule has 5 aliphatic heterocycles. The first-order chi connectivity index (χ1) is 15.4. The van der Waals surface area contributed by atoms with Gasteiger partial charge in [0.05, 0.1) is 22.6 Å². The number of aromatic nitrogens is 2. The van der Waals surface area contributed by atoms with Gasteiger partial charge in [-0.25, -0.2) is 9.88 Å². The molecule has 6 heterocycles. The molecule has 0 spiro atoms. The standard InChI is InChI=1S/C23H19N5O4/c1-11-20(30)28-15-9-5-3-7-13(15)23(32)10-16-19(29)25-18(26(11)22(23)28)17-24-14-8-4-2-6-12(14)21(31)27(16)17/h2-9,11,16,18,22,32H,10H2,1H3,(H,25,29)/t11-,16+,18-,22+,23-/m1/s1. The number of anilines is 1. The average Bonchev–Trinajstić information content (AvgIpc) is 3.19. The summed E-state index contributed by atoms with van der Waals surface area (Å²) in [6.07, 6.45) is -1.58. The zero-order chi connectivity index (χ0) is 21.9. The predicted molar refractivity (Wildman–Crippen MR) is 113 cm³/mol. The summed E-state index contributed by atoms with van der Waals surface area (Å²) in [6, 6.07) is 12.7. The molecule has 0 unspecified atom stereocenters. The smallest absolute Gasteiger partial charge is 0.262 e. The Kier molecular flexibility index (Phi) is 3.17. The van der Waals surface area contributed by atoms with Crippen LogP contribution < -0.4 is 15.8 Å². The van der Waals surface area contributed by atoms with E-state index in [0.717, 1.165) is 0 Å². The van der Waals surface area contributed by atoms with Crippen molar-refractivity contribution < 1.29 is 14.7 Å². The zero-order valence-electron chi connectivity index (χ0n) is 17.1. The van der Waals surface area contributed by atoms with E-state index in [1.165, 1.54) is 4.57 Å². The lowest BCUT2D eigenvalue weighted by Gasteiger charge is -2.48. The molecule has 2 fully saturated rings. The van der Waals surface area contributed by atoms with Crippen molar-refractivity contribution in [3.05, 3.63) is 70.3 Å². The van der Waals surface area contributed by atoms with Gasteiger partial charge in [-0.05, 0) is 25.1 Å². The molecule has 32 heavy (non-hydrogen) atoms. The molecule has 1 aromatic heterocycles. The van der Waals surface area contributed by atoms with Crippen LogP contribution in [0.4, 0.5) is 5.69 Å². The Bertz CT molecular complexity index is 1430.